The van der Waals surface area contributed by atoms with E-state index < -0.39 is 6.04 Å². The molecule has 0 heterocycles. The molecule has 0 spiro atoms. The van der Waals surface area contributed by atoms with Gasteiger partial charge in [0.15, 0.2) is 0 Å². The van der Waals surface area contributed by atoms with Gasteiger partial charge in [-0.2, -0.15) is 0 Å². The summed E-state index contributed by atoms with van der Waals surface area (Å²) in [5.41, 5.74) is 2.08. The van der Waals surface area contributed by atoms with Crippen LogP contribution in [0.3, 0.4) is 0 Å². The van der Waals surface area contributed by atoms with Gasteiger partial charge in [0, 0.05) is 39.2 Å². The second kappa shape index (κ2) is 9.20. The Balaban J connectivity index is 2.72. The number of benzene rings is 1. The molecule has 1 aromatic carbocycles. The number of amides is 1. The lowest BCUT2D eigenvalue weighted by Gasteiger charge is -2.28. The summed E-state index contributed by atoms with van der Waals surface area (Å²) in [7, 11) is 5.58. The number of nitrogens with one attached hydrogen (secondary N) is 1. The minimum atomic E-state index is -0.408. The molecule has 1 rings (SSSR count). The first-order valence-corrected chi connectivity index (χ1v) is 7.97. The Morgan fingerprint density at radius 2 is 1.91 bits per heavy atom. The third-order valence-electron chi connectivity index (χ3n) is 4.16. The number of aliphatic hydroxyl groups is 1. The number of aliphatic hydroxyl groups excluding tert-OH is 1. The van der Waals surface area contributed by atoms with Crippen molar-refractivity contribution < 1.29 is 9.90 Å². The zero-order valence-corrected chi connectivity index (χ0v) is 14.7. The van der Waals surface area contributed by atoms with E-state index in [1.807, 2.05) is 38.4 Å². The lowest BCUT2D eigenvalue weighted by Crippen LogP contribution is -2.40. The predicted molar refractivity (Wildman–Crippen MR) is 95.8 cm³/mol. The molecule has 0 aromatic heterocycles. The quantitative estimate of drug-likeness (QED) is 0.687. The van der Waals surface area contributed by atoms with Gasteiger partial charge in [-0.3, -0.25) is 4.79 Å². The lowest BCUT2D eigenvalue weighted by atomic mass is 10.0. The summed E-state index contributed by atoms with van der Waals surface area (Å²) in [5, 5.41) is 13.0. The van der Waals surface area contributed by atoms with Gasteiger partial charge in [0.2, 0.25) is 5.91 Å². The largest absolute Gasteiger partial charge is 0.511 e. The number of carbonyl (C=O) groups is 1. The highest BCUT2D eigenvalue weighted by Crippen LogP contribution is 2.16. The molecule has 0 saturated carbocycles. The molecule has 0 unspecified atom stereocenters. The molecule has 0 fully saturated rings. The van der Waals surface area contributed by atoms with E-state index in [1.165, 1.54) is 0 Å². The van der Waals surface area contributed by atoms with E-state index in [1.54, 1.807) is 11.9 Å². The Kier molecular flexibility index (Phi) is 7.62. The minimum absolute atomic E-state index is 0.0114. The zero-order chi connectivity index (χ0) is 17.4. The van der Waals surface area contributed by atoms with Crippen molar-refractivity contribution in [2.24, 2.45) is 0 Å². The van der Waals surface area contributed by atoms with Gasteiger partial charge in [-0.15, -0.1) is 0 Å². The van der Waals surface area contributed by atoms with Gasteiger partial charge in [-0.25, -0.2) is 0 Å². The number of hydrogen-bond donors (Lipinski definition) is 2. The molecular formula is C18H29N3O2. The van der Waals surface area contributed by atoms with Crippen LogP contribution in [-0.2, 0) is 11.2 Å². The average molecular weight is 319 g/mol. The maximum atomic E-state index is 12.3. The van der Waals surface area contributed by atoms with Gasteiger partial charge in [0.25, 0.3) is 0 Å². The molecule has 128 valence electrons. The standard InChI is InChI=1S/C18H29N3O2/c1-6-20(4)12-11-18(23)21(5)17(14(2)22)13-15-7-9-16(19-3)10-8-15/h7-10,17,19,22H,2,6,11-13H2,1,3-5H3/t17-/m0/s1. The van der Waals surface area contributed by atoms with Gasteiger partial charge in [0.1, 0.15) is 5.76 Å². The van der Waals surface area contributed by atoms with Crippen LogP contribution < -0.4 is 5.32 Å². The van der Waals surface area contributed by atoms with Crippen LogP contribution in [0.1, 0.15) is 18.9 Å². The Bertz CT molecular complexity index is 514. The van der Waals surface area contributed by atoms with Gasteiger partial charge in [-0.05, 0) is 31.3 Å². The first-order valence-electron chi connectivity index (χ1n) is 7.97. The summed E-state index contributed by atoms with van der Waals surface area (Å²) in [6.45, 7) is 7.31. The molecule has 0 aliphatic heterocycles. The van der Waals surface area contributed by atoms with Gasteiger partial charge < -0.3 is 20.2 Å². The molecule has 0 aliphatic rings. The Labute approximate surface area is 139 Å². The monoisotopic (exact) mass is 319 g/mol. The second-order valence-corrected chi connectivity index (χ2v) is 5.81. The minimum Gasteiger partial charge on any atom is -0.511 e. The lowest BCUT2D eigenvalue weighted by molar-refractivity contribution is -0.132. The molecule has 0 saturated heterocycles. The molecular weight excluding hydrogens is 290 g/mol. The molecule has 1 atom stereocenters. The second-order valence-electron chi connectivity index (χ2n) is 5.81. The van der Waals surface area contributed by atoms with Crippen LogP contribution in [0.15, 0.2) is 36.6 Å². The zero-order valence-electron chi connectivity index (χ0n) is 14.7. The van der Waals surface area contributed by atoms with E-state index >= 15 is 0 Å². The van der Waals surface area contributed by atoms with Crippen molar-refractivity contribution in [2.45, 2.75) is 25.8 Å². The van der Waals surface area contributed by atoms with Crippen molar-refractivity contribution in [3.05, 3.63) is 42.2 Å². The maximum absolute atomic E-state index is 12.3. The van der Waals surface area contributed by atoms with E-state index in [0.717, 1.165) is 17.8 Å². The Morgan fingerprint density at radius 3 is 2.39 bits per heavy atom. The fraction of sp³-hybridized carbons (Fsp3) is 0.500. The van der Waals surface area contributed by atoms with Crippen LogP contribution in [0.25, 0.3) is 0 Å². The SMILES string of the molecule is C=C(O)[C@H](Cc1ccc(NC)cc1)N(C)C(=O)CCN(C)CC. The highest BCUT2D eigenvalue weighted by atomic mass is 16.3. The van der Waals surface area contributed by atoms with Crippen LogP contribution in [-0.4, -0.2) is 61.1 Å². The van der Waals surface area contributed by atoms with Crippen molar-refractivity contribution in [2.75, 3.05) is 39.5 Å². The number of nitrogens with zero attached hydrogens (tertiary/aromatic N) is 2. The number of anilines is 1. The molecule has 23 heavy (non-hydrogen) atoms. The topological polar surface area (TPSA) is 55.8 Å². The summed E-state index contributed by atoms with van der Waals surface area (Å²) in [6, 6.07) is 7.53. The van der Waals surface area contributed by atoms with Crippen molar-refractivity contribution in [1.29, 1.82) is 0 Å². The highest BCUT2D eigenvalue weighted by molar-refractivity contribution is 5.76. The van der Waals surface area contributed by atoms with Gasteiger partial charge >= 0.3 is 0 Å². The van der Waals surface area contributed by atoms with Crippen molar-refractivity contribution >= 4 is 11.6 Å². The van der Waals surface area contributed by atoms with Gasteiger partial charge in [-0.1, -0.05) is 25.6 Å². The fourth-order valence-corrected chi connectivity index (χ4v) is 2.30. The first-order chi connectivity index (χ1) is 10.9. The summed E-state index contributed by atoms with van der Waals surface area (Å²) < 4.78 is 0. The summed E-state index contributed by atoms with van der Waals surface area (Å²) in [4.78, 5) is 16.0. The summed E-state index contributed by atoms with van der Waals surface area (Å²) in [6.07, 6.45) is 0.981. The van der Waals surface area contributed by atoms with Crippen LogP contribution in [0.2, 0.25) is 0 Å². The van der Waals surface area contributed by atoms with E-state index in [9.17, 15) is 9.90 Å². The third-order valence-corrected chi connectivity index (χ3v) is 4.16. The van der Waals surface area contributed by atoms with Gasteiger partial charge in [0.05, 0.1) is 6.04 Å². The molecule has 0 bridgehead atoms. The number of hydrogen-bond acceptors (Lipinski definition) is 4. The van der Waals surface area contributed by atoms with E-state index in [4.69, 9.17) is 0 Å². The molecule has 0 radical (unpaired) electrons. The van der Waals surface area contributed by atoms with E-state index in [2.05, 4.69) is 23.7 Å². The molecule has 5 nitrogen and oxygen atoms in total. The molecule has 5 heteroatoms. The van der Waals surface area contributed by atoms with Crippen LogP contribution in [0.4, 0.5) is 5.69 Å². The average Bonchev–Trinajstić information content (AvgIpc) is 2.56. The molecule has 0 aliphatic carbocycles. The smallest absolute Gasteiger partial charge is 0.224 e. The molecule has 1 amide bonds. The fourth-order valence-electron chi connectivity index (χ4n) is 2.30. The van der Waals surface area contributed by atoms with Crippen molar-refractivity contribution in [1.82, 2.24) is 9.80 Å². The highest BCUT2D eigenvalue weighted by Gasteiger charge is 2.22. The Hall–Kier alpha value is -2.01. The van der Waals surface area contributed by atoms with Crippen molar-refractivity contribution in [3.63, 3.8) is 0 Å². The van der Waals surface area contributed by atoms with E-state index in [0.29, 0.717) is 19.4 Å². The van der Waals surface area contributed by atoms with Crippen LogP contribution in [0, 0.1) is 0 Å². The summed E-state index contributed by atoms with van der Waals surface area (Å²) >= 11 is 0. The molecule has 2 N–H and O–H groups in total. The predicted octanol–water partition coefficient (Wildman–Crippen LogP) is 2.51. The summed E-state index contributed by atoms with van der Waals surface area (Å²) in [5.74, 6) is 0.0275. The first kappa shape index (κ1) is 19.0. The molecule has 1 aromatic rings. The normalized spacial score (nSPS) is 12.0. The number of rotatable bonds is 9. The Morgan fingerprint density at radius 1 is 1.30 bits per heavy atom. The number of likely N-dealkylation sites (N-methyl/N-ethyl adjacent to an activating group) is 1. The number of carbonyl (C=O) groups excluding carboxylic acids is 1. The van der Waals surface area contributed by atoms with E-state index in [-0.39, 0.29) is 11.7 Å². The third kappa shape index (κ3) is 5.94. The van der Waals surface area contributed by atoms with Crippen LogP contribution in [0.5, 0.6) is 0 Å². The van der Waals surface area contributed by atoms with Crippen LogP contribution >= 0.6 is 0 Å². The maximum Gasteiger partial charge on any atom is 0.224 e. The van der Waals surface area contributed by atoms with Crippen molar-refractivity contribution in [3.8, 4) is 0 Å².